The Morgan fingerprint density at radius 2 is 2.05 bits per heavy atom. The van der Waals surface area contributed by atoms with E-state index >= 15 is 0 Å². The SMILES string of the molecule is CCCCCNC(=O)COC(=O)c1cccc(COC)c1. The maximum Gasteiger partial charge on any atom is 0.338 e. The number of ether oxygens (including phenoxy) is 2. The zero-order chi connectivity index (χ0) is 15.5. The standard InChI is InChI=1S/C16H23NO4/c1-3-4-5-9-17-15(18)12-21-16(19)14-8-6-7-13(10-14)11-20-2/h6-8,10H,3-5,9,11-12H2,1-2H3,(H,17,18). The molecule has 0 unspecified atom stereocenters. The van der Waals surface area contributed by atoms with E-state index in [0.717, 1.165) is 24.8 Å². The normalized spacial score (nSPS) is 10.2. The molecule has 0 saturated heterocycles. The summed E-state index contributed by atoms with van der Waals surface area (Å²) in [6.45, 7) is 2.90. The van der Waals surface area contributed by atoms with Crippen LogP contribution in [0.2, 0.25) is 0 Å². The molecule has 0 saturated carbocycles. The van der Waals surface area contributed by atoms with Gasteiger partial charge in [0.2, 0.25) is 0 Å². The highest BCUT2D eigenvalue weighted by Gasteiger charge is 2.10. The van der Waals surface area contributed by atoms with Crippen LogP contribution in [0.25, 0.3) is 0 Å². The molecular weight excluding hydrogens is 270 g/mol. The number of methoxy groups -OCH3 is 1. The number of carbonyl (C=O) groups is 2. The van der Waals surface area contributed by atoms with E-state index in [1.54, 1.807) is 25.3 Å². The van der Waals surface area contributed by atoms with Crippen molar-refractivity contribution in [2.24, 2.45) is 0 Å². The van der Waals surface area contributed by atoms with Crippen molar-refractivity contribution in [1.82, 2.24) is 5.32 Å². The van der Waals surface area contributed by atoms with Crippen molar-refractivity contribution in [3.05, 3.63) is 35.4 Å². The molecule has 0 spiro atoms. The lowest BCUT2D eigenvalue weighted by molar-refractivity contribution is -0.124. The number of hydrogen-bond donors (Lipinski definition) is 1. The molecule has 5 heteroatoms. The number of carbonyl (C=O) groups excluding carboxylic acids is 2. The van der Waals surface area contributed by atoms with Crippen LogP contribution >= 0.6 is 0 Å². The third-order valence-corrected chi connectivity index (χ3v) is 2.91. The van der Waals surface area contributed by atoms with Crippen LogP contribution in [0.4, 0.5) is 0 Å². The first kappa shape index (κ1) is 17.2. The lowest BCUT2D eigenvalue weighted by Crippen LogP contribution is -2.29. The lowest BCUT2D eigenvalue weighted by Gasteiger charge is -2.07. The Kier molecular flexibility index (Phi) is 8.12. The van der Waals surface area contributed by atoms with E-state index in [0.29, 0.717) is 18.7 Å². The van der Waals surface area contributed by atoms with Crippen LogP contribution in [0.15, 0.2) is 24.3 Å². The predicted octanol–water partition coefficient (Wildman–Crippen LogP) is 2.30. The second-order valence-electron chi connectivity index (χ2n) is 4.77. The third kappa shape index (κ3) is 6.90. The predicted molar refractivity (Wildman–Crippen MR) is 80.0 cm³/mol. The number of rotatable bonds is 9. The number of unbranched alkanes of at least 4 members (excludes halogenated alkanes) is 2. The molecule has 0 aromatic heterocycles. The molecule has 21 heavy (non-hydrogen) atoms. The van der Waals surface area contributed by atoms with Gasteiger partial charge in [0.25, 0.3) is 5.91 Å². The van der Waals surface area contributed by atoms with Crippen molar-refractivity contribution < 1.29 is 19.1 Å². The summed E-state index contributed by atoms with van der Waals surface area (Å²) in [6, 6.07) is 6.97. The minimum Gasteiger partial charge on any atom is -0.452 e. The minimum atomic E-state index is -0.503. The molecule has 1 amide bonds. The molecule has 1 aromatic carbocycles. The van der Waals surface area contributed by atoms with Crippen molar-refractivity contribution in [2.75, 3.05) is 20.3 Å². The minimum absolute atomic E-state index is 0.251. The number of amides is 1. The first-order valence-corrected chi connectivity index (χ1v) is 7.19. The average Bonchev–Trinajstić information content (AvgIpc) is 2.50. The van der Waals surface area contributed by atoms with Crippen molar-refractivity contribution >= 4 is 11.9 Å². The topological polar surface area (TPSA) is 64.6 Å². The Bertz CT molecular complexity index is 459. The fourth-order valence-electron chi connectivity index (χ4n) is 1.82. The second-order valence-corrected chi connectivity index (χ2v) is 4.77. The summed E-state index contributed by atoms with van der Waals surface area (Å²) in [6.07, 6.45) is 3.12. The average molecular weight is 293 g/mol. The van der Waals surface area contributed by atoms with Crippen LogP contribution in [0, 0.1) is 0 Å². The van der Waals surface area contributed by atoms with Crippen LogP contribution in [0.3, 0.4) is 0 Å². The zero-order valence-corrected chi connectivity index (χ0v) is 12.7. The first-order valence-electron chi connectivity index (χ1n) is 7.19. The molecule has 0 aliphatic heterocycles. The van der Waals surface area contributed by atoms with Crippen LogP contribution in [0.1, 0.15) is 42.1 Å². The first-order chi connectivity index (χ1) is 10.2. The van der Waals surface area contributed by atoms with Gasteiger partial charge in [0, 0.05) is 13.7 Å². The molecule has 1 rings (SSSR count). The molecule has 0 aliphatic rings. The van der Waals surface area contributed by atoms with Crippen LogP contribution in [-0.2, 0) is 20.9 Å². The van der Waals surface area contributed by atoms with Gasteiger partial charge in [-0.1, -0.05) is 31.9 Å². The Morgan fingerprint density at radius 1 is 1.24 bits per heavy atom. The fourth-order valence-corrected chi connectivity index (χ4v) is 1.82. The largest absolute Gasteiger partial charge is 0.452 e. The third-order valence-electron chi connectivity index (χ3n) is 2.91. The van der Waals surface area contributed by atoms with Crippen molar-refractivity contribution in [3.8, 4) is 0 Å². The Balaban J connectivity index is 2.36. The summed E-state index contributed by atoms with van der Waals surface area (Å²) < 4.78 is 10.00. The summed E-state index contributed by atoms with van der Waals surface area (Å²) in [7, 11) is 1.59. The number of benzene rings is 1. The zero-order valence-electron chi connectivity index (χ0n) is 12.7. The van der Waals surface area contributed by atoms with Crippen LogP contribution < -0.4 is 5.32 Å². The summed E-state index contributed by atoms with van der Waals surface area (Å²) in [5, 5.41) is 2.72. The molecule has 5 nitrogen and oxygen atoms in total. The van der Waals surface area contributed by atoms with Gasteiger partial charge in [-0.25, -0.2) is 4.79 Å². The van der Waals surface area contributed by atoms with Gasteiger partial charge in [-0.05, 0) is 24.1 Å². The van der Waals surface area contributed by atoms with E-state index in [1.165, 1.54) is 0 Å². The van der Waals surface area contributed by atoms with E-state index in [2.05, 4.69) is 12.2 Å². The van der Waals surface area contributed by atoms with E-state index < -0.39 is 5.97 Å². The lowest BCUT2D eigenvalue weighted by atomic mass is 10.1. The second kappa shape index (κ2) is 9.94. The molecule has 1 aromatic rings. The number of esters is 1. The number of hydrogen-bond acceptors (Lipinski definition) is 4. The van der Waals surface area contributed by atoms with Crippen molar-refractivity contribution in [2.45, 2.75) is 32.8 Å². The summed E-state index contributed by atoms with van der Waals surface area (Å²) in [4.78, 5) is 23.3. The molecule has 0 aliphatic carbocycles. The molecular formula is C16H23NO4. The van der Waals surface area contributed by atoms with E-state index in [1.807, 2.05) is 6.07 Å². The maximum absolute atomic E-state index is 11.8. The maximum atomic E-state index is 11.8. The van der Waals surface area contributed by atoms with Gasteiger partial charge in [0.05, 0.1) is 12.2 Å². The van der Waals surface area contributed by atoms with Gasteiger partial charge in [0.1, 0.15) is 0 Å². The van der Waals surface area contributed by atoms with Crippen molar-refractivity contribution in [1.29, 1.82) is 0 Å². The van der Waals surface area contributed by atoms with Gasteiger partial charge in [-0.15, -0.1) is 0 Å². The Morgan fingerprint density at radius 3 is 2.76 bits per heavy atom. The molecule has 0 fully saturated rings. The van der Waals surface area contributed by atoms with Crippen LogP contribution in [0.5, 0.6) is 0 Å². The fraction of sp³-hybridized carbons (Fsp3) is 0.500. The van der Waals surface area contributed by atoms with Gasteiger partial charge >= 0.3 is 5.97 Å². The summed E-state index contributed by atoms with van der Waals surface area (Å²) in [5.41, 5.74) is 1.30. The molecule has 1 N–H and O–H groups in total. The van der Waals surface area contributed by atoms with Gasteiger partial charge < -0.3 is 14.8 Å². The Hall–Kier alpha value is -1.88. The number of nitrogens with one attached hydrogen (secondary N) is 1. The molecule has 0 bridgehead atoms. The molecule has 0 atom stereocenters. The highest BCUT2D eigenvalue weighted by molar-refractivity contribution is 5.91. The molecule has 116 valence electrons. The van der Waals surface area contributed by atoms with E-state index in [9.17, 15) is 9.59 Å². The van der Waals surface area contributed by atoms with Crippen molar-refractivity contribution in [3.63, 3.8) is 0 Å². The highest BCUT2D eigenvalue weighted by atomic mass is 16.5. The highest BCUT2D eigenvalue weighted by Crippen LogP contribution is 2.07. The smallest absolute Gasteiger partial charge is 0.338 e. The van der Waals surface area contributed by atoms with E-state index in [4.69, 9.17) is 9.47 Å². The molecule has 0 radical (unpaired) electrons. The monoisotopic (exact) mass is 293 g/mol. The van der Waals surface area contributed by atoms with Gasteiger partial charge in [-0.3, -0.25) is 4.79 Å². The summed E-state index contributed by atoms with van der Waals surface area (Å²) in [5.74, 6) is -0.774. The van der Waals surface area contributed by atoms with E-state index in [-0.39, 0.29) is 12.5 Å². The Labute approximate surface area is 125 Å². The van der Waals surface area contributed by atoms with Gasteiger partial charge in [-0.2, -0.15) is 0 Å². The van der Waals surface area contributed by atoms with Gasteiger partial charge in [0.15, 0.2) is 6.61 Å². The van der Waals surface area contributed by atoms with Crippen LogP contribution in [-0.4, -0.2) is 32.1 Å². The molecule has 0 heterocycles. The summed E-state index contributed by atoms with van der Waals surface area (Å²) >= 11 is 0. The quantitative estimate of drug-likeness (QED) is 0.560.